The van der Waals surface area contributed by atoms with E-state index in [-0.39, 0.29) is 8.86 Å². The molecule has 0 aliphatic carbocycles. The highest BCUT2D eigenvalue weighted by Crippen LogP contribution is 1.90. The highest BCUT2D eigenvalue weighted by Gasteiger charge is 2.05. The molecule has 0 saturated carbocycles. The van der Waals surface area contributed by atoms with Gasteiger partial charge in [0, 0.05) is 0 Å². The monoisotopic (exact) mass is 370 g/mol. The largest absolute Gasteiger partial charge is 0.365 e. The van der Waals surface area contributed by atoms with Crippen molar-refractivity contribution in [3.8, 4) is 0 Å². The van der Waals surface area contributed by atoms with Gasteiger partial charge < -0.3 is 0 Å². The summed E-state index contributed by atoms with van der Waals surface area (Å²) < 4.78 is 0.346. The quantitative estimate of drug-likeness (QED) is 0.313. The Balaban J connectivity index is 3.35. The zero-order valence-electron chi connectivity index (χ0n) is 4.80. The maximum atomic E-state index is 10.3. The van der Waals surface area contributed by atoms with E-state index in [1.54, 1.807) is 45.2 Å². The second-order valence-electron chi connectivity index (χ2n) is 1.18. The van der Waals surface area contributed by atoms with E-state index in [1.807, 2.05) is 0 Å². The molecule has 10 heavy (non-hydrogen) atoms. The second-order valence-corrected chi connectivity index (χ2v) is 2.70. The molecule has 0 aromatic heterocycles. The minimum atomic E-state index is -0.557. The lowest BCUT2D eigenvalue weighted by molar-refractivity contribution is -0.254. The van der Waals surface area contributed by atoms with Crippen LogP contribution in [0.3, 0.4) is 0 Å². The van der Waals surface area contributed by atoms with Crippen LogP contribution in [0.5, 0.6) is 0 Å². The summed E-state index contributed by atoms with van der Waals surface area (Å²) in [6.07, 6.45) is 0. The van der Waals surface area contributed by atoms with Crippen molar-refractivity contribution in [1.82, 2.24) is 0 Å². The van der Waals surface area contributed by atoms with Crippen molar-refractivity contribution >= 4 is 57.1 Å². The molecule has 0 aromatic rings. The van der Waals surface area contributed by atoms with Gasteiger partial charge in [-0.3, -0.25) is 0 Å². The lowest BCUT2D eigenvalue weighted by Crippen LogP contribution is -2.12. The SMILES string of the molecule is O=C(CI)OOC(=O)CI. The van der Waals surface area contributed by atoms with Gasteiger partial charge in [-0.05, 0) is 0 Å². The number of rotatable bonds is 2. The van der Waals surface area contributed by atoms with Crippen LogP contribution in [0.4, 0.5) is 0 Å². The summed E-state index contributed by atoms with van der Waals surface area (Å²) in [5, 5.41) is 0. The van der Waals surface area contributed by atoms with E-state index in [4.69, 9.17) is 0 Å². The van der Waals surface area contributed by atoms with Crippen molar-refractivity contribution in [3.05, 3.63) is 0 Å². The van der Waals surface area contributed by atoms with Crippen molar-refractivity contribution in [2.45, 2.75) is 0 Å². The van der Waals surface area contributed by atoms with Crippen LogP contribution in [0.1, 0.15) is 0 Å². The fourth-order valence-electron chi connectivity index (χ4n) is 0.137. The molecule has 0 rings (SSSR count). The Morgan fingerprint density at radius 1 is 1.00 bits per heavy atom. The first kappa shape index (κ1) is 10.4. The van der Waals surface area contributed by atoms with Crippen LogP contribution in [0.25, 0.3) is 0 Å². The van der Waals surface area contributed by atoms with Gasteiger partial charge in [-0.15, -0.1) is 0 Å². The number of halogens is 2. The molecule has 0 radical (unpaired) electrons. The van der Waals surface area contributed by atoms with Crippen LogP contribution >= 0.6 is 45.2 Å². The highest BCUT2D eigenvalue weighted by atomic mass is 127. The number of hydrogen-bond donors (Lipinski definition) is 0. The molecular weight excluding hydrogens is 366 g/mol. The standard InChI is InChI=1S/C4H4I2O4/c5-1-3(7)9-10-4(8)2-6/h1-2H2. The molecule has 0 aromatic carbocycles. The Kier molecular flexibility index (Phi) is 6.38. The molecule has 0 saturated heterocycles. The number of alkyl halides is 2. The van der Waals surface area contributed by atoms with Gasteiger partial charge in [-0.1, -0.05) is 45.2 Å². The first-order valence-corrected chi connectivity index (χ1v) is 5.28. The summed E-state index contributed by atoms with van der Waals surface area (Å²) >= 11 is 3.61. The smallest absolute Gasteiger partial charge is 0.247 e. The van der Waals surface area contributed by atoms with E-state index in [1.165, 1.54) is 0 Å². The fourth-order valence-corrected chi connectivity index (χ4v) is 0.392. The van der Waals surface area contributed by atoms with E-state index in [0.29, 0.717) is 0 Å². The number of carbonyl (C=O) groups excluding carboxylic acids is 2. The van der Waals surface area contributed by atoms with Crippen LogP contribution < -0.4 is 0 Å². The van der Waals surface area contributed by atoms with Crippen LogP contribution in [-0.2, 0) is 19.4 Å². The first-order chi connectivity index (χ1) is 4.70. The van der Waals surface area contributed by atoms with Crippen molar-refractivity contribution in [2.75, 3.05) is 8.86 Å². The molecule has 0 atom stereocenters. The summed E-state index contributed by atoms with van der Waals surface area (Å²) in [5.41, 5.74) is 0. The minimum absolute atomic E-state index is 0.173. The summed E-state index contributed by atoms with van der Waals surface area (Å²) in [5.74, 6) is -1.11. The second kappa shape index (κ2) is 6.13. The maximum absolute atomic E-state index is 10.3. The third-order valence-electron chi connectivity index (χ3n) is 0.446. The minimum Gasteiger partial charge on any atom is -0.247 e. The highest BCUT2D eigenvalue weighted by molar-refractivity contribution is 14.1. The summed E-state index contributed by atoms with van der Waals surface area (Å²) in [6, 6.07) is 0. The summed E-state index contributed by atoms with van der Waals surface area (Å²) in [6.45, 7) is 0. The average Bonchev–Trinajstić information content (AvgIpc) is 1.99. The summed E-state index contributed by atoms with van der Waals surface area (Å²) in [4.78, 5) is 28.7. The van der Waals surface area contributed by atoms with E-state index in [2.05, 4.69) is 9.78 Å². The van der Waals surface area contributed by atoms with E-state index in [9.17, 15) is 9.59 Å². The fraction of sp³-hybridized carbons (Fsp3) is 0.500. The molecule has 0 aliphatic heterocycles. The molecule has 0 spiro atoms. The van der Waals surface area contributed by atoms with Gasteiger partial charge in [0.1, 0.15) is 8.86 Å². The Morgan fingerprint density at radius 3 is 1.50 bits per heavy atom. The molecule has 4 nitrogen and oxygen atoms in total. The molecule has 6 heteroatoms. The first-order valence-electron chi connectivity index (χ1n) is 2.22. The lowest BCUT2D eigenvalue weighted by Gasteiger charge is -1.96. The third-order valence-corrected chi connectivity index (χ3v) is 1.69. The normalized spacial score (nSPS) is 8.60. The van der Waals surface area contributed by atoms with Gasteiger partial charge >= 0.3 is 11.9 Å². The topological polar surface area (TPSA) is 52.6 Å². The lowest BCUT2D eigenvalue weighted by atomic mass is 10.8. The van der Waals surface area contributed by atoms with E-state index in [0.717, 1.165) is 0 Å². The Bertz CT molecular complexity index is 119. The van der Waals surface area contributed by atoms with Gasteiger partial charge in [0.25, 0.3) is 0 Å². The molecule has 0 aliphatic rings. The molecule has 0 heterocycles. The molecule has 58 valence electrons. The van der Waals surface area contributed by atoms with Gasteiger partial charge in [0.05, 0.1) is 0 Å². The Labute approximate surface area is 84.8 Å². The van der Waals surface area contributed by atoms with Gasteiger partial charge in [-0.25, -0.2) is 19.4 Å². The van der Waals surface area contributed by atoms with Crippen LogP contribution in [-0.4, -0.2) is 20.8 Å². The number of carbonyl (C=O) groups is 2. The van der Waals surface area contributed by atoms with Crippen molar-refractivity contribution in [3.63, 3.8) is 0 Å². The molecule has 0 N–H and O–H groups in total. The zero-order chi connectivity index (χ0) is 7.98. The molecule has 0 amide bonds. The van der Waals surface area contributed by atoms with Crippen molar-refractivity contribution in [2.24, 2.45) is 0 Å². The predicted octanol–water partition coefficient (Wildman–Crippen LogP) is 0.858. The van der Waals surface area contributed by atoms with Crippen LogP contribution in [0, 0.1) is 0 Å². The molecular formula is C4H4I2O4. The summed E-state index contributed by atoms with van der Waals surface area (Å²) in [7, 11) is 0. The van der Waals surface area contributed by atoms with E-state index >= 15 is 0 Å². The molecule has 0 fully saturated rings. The Morgan fingerprint density at radius 2 is 1.30 bits per heavy atom. The predicted molar refractivity (Wildman–Crippen MR) is 50.0 cm³/mol. The van der Waals surface area contributed by atoms with Gasteiger partial charge in [0.15, 0.2) is 0 Å². The van der Waals surface area contributed by atoms with Crippen molar-refractivity contribution in [1.29, 1.82) is 0 Å². The molecule has 0 bridgehead atoms. The van der Waals surface area contributed by atoms with Crippen molar-refractivity contribution < 1.29 is 19.4 Å². The van der Waals surface area contributed by atoms with Gasteiger partial charge in [-0.2, -0.15) is 0 Å². The molecule has 0 unspecified atom stereocenters. The number of hydrogen-bond acceptors (Lipinski definition) is 4. The average molecular weight is 370 g/mol. The third kappa shape index (κ3) is 5.21. The van der Waals surface area contributed by atoms with Gasteiger partial charge in [0.2, 0.25) is 0 Å². The van der Waals surface area contributed by atoms with Crippen LogP contribution in [0.2, 0.25) is 0 Å². The zero-order valence-corrected chi connectivity index (χ0v) is 9.12. The maximum Gasteiger partial charge on any atom is 0.365 e. The van der Waals surface area contributed by atoms with Crippen LogP contribution in [0.15, 0.2) is 0 Å². The van der Waals surface area contributed by atoms with E-state index < -0.39 is 11.9 Å². The Hall–Kier alpha value is 0.400.